The Morgan fingerprint density at radius 2 is 1.26 bits per heavy atom. The number of quaternary nitrogens is 1. The summed E-state index contributed by atoms with van der Waals surface area (Å²) >= 11 is 0. The summed E-state index contributed by atoms with van der Waals surface area (Å²) in [5, 5.41) is 0. The van der Waals surface area contributed by atoms with Crippen LogP contribution in [0.3, 0.4) is 0 Å². The van der Waals surface area contributed by atoms with Crippen LogP contribution in [0.4, 0.5) is 0 Å². The van der Waals surface area contributed by atoms with Gasteiger partial charge < -0.3 is 14.0 Å². The van der Waals surface area contributed by atoms with E-state index in [1.54, 1.807) is 0 Å². The highest BCUT2D eigenvalue weighted by Crippen LogP contribution is 2.22. The zero-order valence-electron chi connectivity index (χ0n) is 27.6. The van der Waals surface area contributed by atoms with Crippen molar-refractivity contribution in [3.8, 4) is 5.75 Å². The molecule has 2 aromatic rings. The smallest absolute Gasteiger partial charge is 0.314 e. The van der Waals surface area contributed by atoms with Crippen molar-refractivity contribution in [2.45, 2.75) is 123 Å². The number of hydrogen-bond acceptors (Lipinski definition) is 3. The van der Waals surface area contributed by atoms with Crippen LogP contribution in [0, 0.1) is 5.92 Å². The highest BCUT2D eigenvalue weighted by atomic mass is 16.5. The van der Waals surface area contributed by atoms with Crippen LogP contribution in [0.25, 0.3) is 0 Å². The Hall–Kier alpha value is -2.33. The molecule has 42 heavy (non-hydrogen) atoms. The van der Waals surface area contributed by atoms with Gasteiger partial charge in [-0.2, -0.15) is 0 Å². The van der Waals surface area contributed by atoms with Gasteiger partial charge in [-0.15, -0.1) is 0 Å². The van der Waals surface area contributed by atoms with E-state index in [0.717, 1.165) is 49.0 Å². The van der Waals surface area contributed by atoms with Crippen LogP contribution in [0.2, 0.25) is 0 Å². The van der Waals surface area contributed by atoms with Gasteiger partial charge in [-0.05, 0) is 43.7 Å². The van der Waals surface area contributed by atoms with Gasteiger partial charge in [-0.25, -0.2) is 0 Å². The van der Waals surface area contributed by atoms with E-state index in [-0.39, 0.29) is 11.9 Å². The minimum Gasteiger partial charge on any atom is -0.493 e. The maximum absolute atomic E-state index is 12.8. The van der Waals surface area contributed by atoms with E-state index >= 15 is 0 Å². The fourth-order valence-corrected chi connectivity index (χ4v) is 5.79. The quantitative estimate of drug-likeness (QED) is 0.0666. The lowest BCUT2D eigenvalue weighted by atomic mass is 10.0. The number of ether oxygens (including phenoxy) is 2. The van der Waals surface area contributed by atoms with Crippen molar-refractivity contribution in [2.75, 3.05) is 33.9 Å². The summed E-state index contributed by atoms with van der Waals surface area (Å²) in [6.07, 6.45) is 20.1. The zero-order chi connectivity index (χ0) is 30.3. The molecule has 0 bridgehead atoms. The molecular formula is C38H62NO3+. The average molecular weight is 581 g/mol. The summed E-state index contributed by atoms with van der Waals surface area (Å²) in [7, 11) is 4.38. The second kappa shape index (κ2) is 22.2. The molecule has 0 saturated heterocycles. The largest absolute Gasteiger partial charge is 0.493 e. The third-order valence-electron chi connectivity index (χ3n) is 8.31. The Bertz CT molecular complexity index is 942. The molecule has 0 fully saturated rings. The van der Waals surface area contributed by atoms with Crippen molar-refractivity contribution in [1.82, 2.24) is 0 Å². The predicted octanol–water partition coefficient (Wildman–Crippen LogP) is 9.94. The van der Waals surface area contributed by atoms with Crippen LogP contribution in [0.15, 0.2) is 54.6 Å². The van der Waals surface area contributed by atoms with Gasteiger partial charge in [0.1, 0.15) is 18.2 Å². The number of esters is 1. The van der Waals surface area contributed by atoms with E-state index in [4.69, 9.17) is 9.47 Å². The second-order valence-electron chi connectivity index (χ2n) is 12.8. The van der Waals surface area contributed by atoms with Crippen molar-refractivity contribution in [1.29, 1.82) is 0 Å². The SMILES string of the molecule is CCCCCCCCCCCCCCc1ccccc1OCCCCOC(=O)C(CC)C[N+](C)(C)Cc1ccccc1. The Morgan fingerprint density at radius 1 is 0.690 bits per heavy atom. The van der Waals surface area contributed by atoms with Crippen LogP contribution in [-0.2, 0) is 22.5 Å². The fourth-order valence-electron chi connectivity index (χ4n) is 5.79. The molecule has 4 heteroatoms. The van der Waals surface area contributed by atoms with Gasteiger partial charge in [-0.1, -0.05) is 133 Å². The molecule has 0 spiro atoms. The van der Waals surface area contributed by atoms with Crippen molar-refractivity contribution >= 4 is 5.97 Å². The number of carbonyl (C=O) groups is 1. The van der Waals surface area contributed by atoms with Crippen LogP contribution < -0.4 is 4.74 Å². The van der Waals surface area contributed by atoms with Gasteiger partial charge in [0.2, 0.25) is 0 Å². The highest BCUT2D eigenvalue weighted by molar-refractivity contribution is 5.72. The number of unbranched alkanes of at least 4 members (excludes halogenated alkanes) is 12. The first kappa shape index (κ1) is 35.9. The maximum atomic E-state index is 12.8. The third kappa shape index (κ3) is 16.3. The van der Waals surface area contributed by atoms with Gasteiger partial charge >= 0.3 is 5.97 Å². The first-order valence-corrected chi connectivity index (χ1v) is 17.2. The van der Waals surface area contributed by atoms with Crippen molar-refractivity contribution in [3.63, 3.8) is 0 Å². The maximum Gasteiger partial charge on any atom is 0.314 e. The predicted molar refractivity (Wildman–Crippen MR) is 178 cm³/mol. The number of hydrogen-bond donors (Lipinski definition) is 0. The number of rotatable bonds is 25. The molecule has 0 N–H and O–H groups in total. The molecule has 0 radical (unpaired) electrons. The minimum atomic E-state index is -0.0767. The highest BCUT2D eigenvalue weighted by Gasteiger charge is 2.27. The molecule has 0 heterocycles. The topological polar surface area (TPSA) is 35.5 Å². The van der Waals surface area contributed by atoms with Crippen molar-refractivity contribution < 1.29 is 18.8 Å². The molecule has 0 aliphatic heterocycles. The summed E-state index contributed by atoms with van der Waals surface area (Å²) in [6, 6.07) is 19.0. The Labute approximate surface area is 258 Å². The summed E-state index contributed by atoms with van der Waals surface area (Å²) in [6.45, 7) is 7.17. The van der Waals surface area contributed by atoms with E-state index < -0.39 is 0 Å². The molecule has 2 aromatic carbocycles. The fraction of sp³-hybridized carbons (Fsp3) is 0.658. The summed E-state index contributed by atoms with van der Waals surface area (Å²) in [5.74, 6) is 0.875. The summed E-state index contributed by atoms with van der Waals surface area (Å²) < 4.78 is 12.6. The lowest BCUT2D eigenvalue weighted by Gasteiger charge is -2.32. The van der Waals surface area contributed by atoms with Gasteiger partial charge in [0.05, 0.1) is 33.9 Å². The molecule has 0 amide bonds. The van der Waals surface area contributed by atoms with E-state index in [0.29, 0.717) is 13.2 Å². The second-order valence-corrected chi connectivity index (χ2v) is 12.8. The number of carbonyl (C=O) groups excluding carboxylic acids is 1. The van der Waals surface area contributed by atoms with Crippen LogP contribution in [0.1, 0.15) is 121 Å². The first-order chi connectivity index (χ1) is 20.4. The number of nitrogens with zero attached hydrogens (tertiary/aromatic N) is 1. The van der Waals surface area contributed by atoms with Gasteiger partial charge in [0, 0.05) is 5.56 Å². The normalized spacial score (nSPS) is 12.3. The molecular weight excluding hydrogens is 518 g/mol. The molecule has 1 atom stereocenters. The molecule has 0 saturated carbocycles. The van der Waals surface area contributed by atoms with Crippen LogP contribution >= 0.6 is 0 Å². The first-order valence-electron chi connectivity index (χ1n) is 17.2. The van der Waals surface area contributed by atoms with Gasteiger partial charge in [-0.3, -0.25) is 4.79 Å². The summed E-state index contributed by atoms with van der Waals surface area (Å²) in [5.41, 5.74) is 2.61. The molecule has 0 aliphatic rings. The van der Waals surface area contributed by atoms with E-state index in [1.165, 1.54) is 88.2 Å². The van der Waals surface area contributed by atoms with Crippen LogP contribution in [0.5, 0.6) is 5.75 Å². The number of benzene rings is 2. The monoisotopic (exact) mass is 580 g/mol. The molecule has 4 nitrogen and oxygen atoms in total. The molecule has 0 aliphatic carbocycles. The van der Waals surface area contributed by atoms with Crippen molar-refractivity contribution in [2.24, 2.45) is 5.92 Å². The molecule has 2 rings (SSSR count). The molecule has 1 unspecified atom stereocenters. The number of aryl methyl sites for hydroxylation is 1. The standard InChI is InChI=1S/C38H62NO3/c1-5-7-8-9-10-11-12-13-14-15-16-20-27-36-28-21-22-29-37(36)41-30-23-24-31-42-38(40)35(6-2)33-39(3,4)32-34-25-18-17-19-26-34/h17-19,21-22,25-26,28-29,35H,5-16,20,23-24,27,30-33H2,1-4H3/q+1. The Balaban J connectivity index is 1.56. The molecule has 0 aromatic heterocycles. The lowest BCUT2D eigenvalue weighted by molar-refractivity contribution is -0.906. The van der Waals surface area contributed by atoms with Crippen LogP contribution in [-0.4, -0.2) is 44.3 Å². The molecule has 236 valence electrons. The lowest BCUT2D eigenvalue weighted by Crippen LogP contribution is -2.44. The van der Waals surface area contributed by atoms with Gasteiger partial charge in [0.25, 0.3) is 0 Å². The average Bonchev–Trinajstić information content (AvgIpc) is 2.99. The summed E-state index contributed by atoms with van der Waals surface area (Å²) in [4.78, 5) is 12.8. The van der Waals surface area contributed by atoms with E-state index in [2.05, 4.69) is 76.5 Å². The van der Waals surface area contributed by atoms with E-state index in [1.807, 2.05) is 6.07 Å². The Kier molecular flexibility index (Phi) is 19.0. The zero-order valence-corrected chi connectivity index (χ0v) is 27.6. The van der Waals surface area contributed by atoms with E-state index in [9.17, 15) is 4.79 Å². The van der Waals surface area contributed by atoms with Crippen molar-refractivity contribution in [3.05, 3.63) is 65.7 Å². The number of para-hydroxylation sites is 1. The Morgan fingerprint density at radius 3 is 1.90 bits per heavy atom. The third-order valence-corrected chi connectivity index (χ3v) is 8.31. The van der Waals surface area contributed by atoms with Gasteiger partial charge in [0.15, 0.2) is 0 Å². The minimum absolute atomic E-state index is 0.0644.